The molecule has 3 aromatic rings. The maximum atomic E-state index is 13.0. The summed E-state index contributed by atoms with van der Waals surface area (Å²) in [5.74, 6) is 1.19. The molecule has 0 bridgehead atoms. The molecule has 0 aromatic heterocycles. The number of ether oxygens (including phenoxy) is 2. The molecule has 1 N–H and O–H groups in total. The summed E-state index contributed by atoms with van der Waals surface area (Å²) in [6.45, 7) is 2.90. The van der Waals surface area contributed by atoms with Crippen molar-refractivity contribution in [3.63, 3.8) is 0 Å². The van der Waals surface area contributed by atoms with Crippen LogP contribution in [0.4, 0.5) is 5.69 Å². The van der Waals surface area contributed by atoms with Gasteiger partial charge in [-0.05, 0) is 48.9 Å². The van der Waals surface area contributed by atoms with E-state index in [-0.39, 0.29) is 22.8 Å². The van der Waals surface area contributed by atoms with Crippen molar-refractivity contribution in [3.05, 3.63) is 83.4 Å². The summed E-state index contributed by atoms with van der Waals surface area (Å²) < 4.78 is 11.8. The van der Waals surface area contributed by atoms with Crippen molar-refractivity contribution < 1.29 is 14.3 Å². The topological polar surface area (TPSA) is 95.1 Å². The van der Waals surface area contributed by atoms with Crippen LogP contribution >= 0.6 is 0 Å². The Hall–Kier alpha value is -4.29. The molecule has 6 heteroatoms. The fraction of sp³-hybridized carbons (Fsp3) is 0.344. The quantitative estimate of drug-likeness (QED) is 0.208. The summed E-state index contributed by atoms with van der Waals surface area (Å²) in [5.41, 5.74) is 1.07. The summed E-state index contributed by atoms with van der Waals surface area (Å²) in [6.07, 6.45) is 11.4. The smallest absolute Gasteiger partial charge is 0.255 e. The molecule has 3 rings (SSSR count). The Morgan fingerprint density at radius 3 is 2.00 bits per heavy atom. The zero-order chi connectivity index (χ0) is 27.0. The fourth-order valence-electron chi connectivity index (χ4n) is 4.06. The average molecular weight is 510 g/mol. The maximum Gasteiger partial charge on any atom is 0.255 e. The van der Waals surface area contributed by atoms with Crippen LogP contribution in [-0.2, 0) is 0 Å². The molecule has 0 radical (unpaired) electrons. The lowest BCUT2D eigenvalue weighted by atomic mass is 10.1. The number of benzene rings is 3. The average Bonchev–Trinajstić information content (AvgIpc) is 2.95. The van der Waals surface area contributed by atoms with E-state index in [0.29, 0.717) is 23.6 Å². The number of nitriles is 2. The monoisotopic (exact) mass is 509 g/mol. The Kier molecular flexibility index (Phi) is 11.7. The van der Waals surface area contributed by atoms with E-state index in [1.807, 2.05) is 30.3 Å². The minimum absolute atomic E-state index is 0.156. The first-order valence-electron chi connectivity index (χ1n) is 13.4. The molecule has 0 atom stereocenters. The third kappa shape index (κ3) is 8.98. The van der Waals surface area contributed by atoms with Crippen LogP contribution in [0.25, 0.3) is 0 Å². The number of hydrogen-bond acceptors (Lipinski definition) is 5. The first-order chi connectivity index (χ1) is 18.6. The Labute approximate surface area is 225 Å². The van der Waals surface area contributed by atoms with Gasteiger partial charge in [0, 0.05) is 11.6 Å². The molecule has 196 valence electrons. The van der Waals surface area contributed by atoms with Crippen LogP contribution in [0, 0.1) is 22.7 Å². The molecule has 0 aliphatic carbocycles. The first-order valence-corrected chi connectivity index (χ1v) is 13.4. The third-order valence-electron chi connectivity index (χ3n) is 6.21. The second-order valence-electron chi connectivity index (χ2n) is 9.19. The van der Waals surface area contributed by atoms with Gasteiger partial charge in [-0.15, -0.1) is 0 Å². The Morgan fingerprint density at radius 2 is 1.37 bits per heavy atom. The molecule has 38 heavy (non-hydrogen) atoms. The van der Waals surface area contributed by atoms with Crippen LogP contribution < -0.4 is 14.8 Å². The van der Waals surface area contributed by atoms with Crippen LogP contribution in [-0.4, -0.2) is 12.5 Å². The number of carbonyl (C=O) groups is 1. The van der Waals surface area contributed by atoms with Crippen molar-refractivity contribution >= 4 is 11.6 Å². The minimum Gasteiger partial charge on any atom is -0.494 e. The van der Waals surface area contributed by atoms with Crippen LogP contribution in [0.1, 0.15) is 86.2 Å². The SMILES string of the molecule is CCCCCCCCCCCOc1ccc(C(=O)Nc2cc(C#N)c(C#N)cc2Oc2ccccc2)cc1. The molecular formula is C32H35N3O3. The highest BCUT2D eigenvalue weighted by atomic mass is 16.5. The van der Waals surface area contributed by atoms with E-state index in [1.54, 1.807) is 36.4 Å². The molecule has 0 aliphatic heterocycles. The third-order valence-corrected chi connectivity index (χ3v) is 6.21. The van der Waals surface area contributed by atoms with E-state index in [0.717, 1.165) is 18.6 Å². The predicted octanol–water partition coefficient (Wildman–Crippen LogP) is 8.38. The van der Waals surface area contributed by atoms with Gasteiger partial charge in [-0.2, -0.15) is 10.5 Å². The number of anilines is 1. The largest absolute Gasteiger partial charge is 0.494 e. The molecule has 0 aliphatic rings. The van der Waals surface area contributed by atoms with E-state index in [9.17, 15) is 15.3 Å². The van der Waals surface area contributed by atoms with Crippen LogP contribution in [0.15, 0.2) is 66.7 Å². The normalized spacial score (nSPS) is 10.3. The van der Waals surface area contributed by atoms with Gasteiger partial charge in [0.15, 0.2) is 5.75 Å². The van der Waals surface area contributed by atoms with Gasteiger partial charge in [0.25, 0.3) is 5.91 Å². The lowest BCUT2D eigenvalue weighted by Crippen LogP contribution is -2.13. The fourth-order valence-corrected chi connectivity index (χ4v) is 4.06. The Morgan fingerprint density at radius 1 is 0.763 bits per heavy atom. The molecule has 0 fully saturated rings. The lowest BCUT2D eigenvalue weighted by molar-refractivity contribution is 0.102. The van der Waals surface area contributed by atoms with Crippen LogP contribution in [0.2, 0.25) is 0 Å². The van der Waals surface area contributed by atoms with Crippen molar-refractivity contribution in [3.8, 4) is 29.4 Å². The van der Waals surface area contributed by atoms with Gasteiger partial charge in [-0.25, -0.2) is 0 Å². The molecule has 0 spiro atoms. The minimum atomic E-state index is -0.359. The summed E-state index contributed by atoms with van der Waals surface area (Å²) in [5, 5.41) is 21.7. The molecule has 0 heterocycles. The zero-order valence-electron chi connectivity index (χ0n) is 22.0. The number of carbonyl (C=O) groups excluding carboxylic acids is 1. The number of hydrogen-bond donors (Lipinski definition) is 1. The van der Waals surface area contributed by atoms with Crippen molar-refractivity contribution in [2.45, 2.75) is 64.7 Å². The highest BCUT2D eigenvalue weighted by molar-refractivity contribution is 6.05. The van der Waals surface area contributed by atoms with Gasteiger partial charge in [0.1, 0.15) is 23.6 Å². The number of amides is 1. The molecule has 3 aromatic carbocycles. The molecule has 0 saturated heterocycles. The van der Waals surface area contributed by atoms with Crippen LogP contribution in [0.5, 0.6) is 17.2 Å². The van der Waals surface area contributed by atoms with Gasteiger partial charge in [0.05, 0.1) is 23.4 Å². The van der Waals surface area contributed by atoms with Crippen LogP contribution in [0.3, 0.4) is 0 Å². The van der Waals surface area contributed by atoms with Gasteiger partial charge >= 0.3 is 0 Å². The zero-order valence-corrected chi connectivity index (χ0v) is 22.0. The van der Waals surface area contributed by atoms with Crippen molar-refractivity contribution in [1.82, 2.24) is 0 Å². The summed E-state index contributed by atoms with van der Waals surface area (Å²) in [6, 6.07) is 22.9. The number of nitrogens with zero attached hydrogens (tertiary/aromatic N) is 2. The Balaban J connectivity index is 1.54. The predicted molar refractivity (Wildman–Crippen MR) is 150 cm³/mol. The van der Waals surface area contributed by atoms with E-state index in [4.69, 9.17) is 9.47 Å². The van der Waals surface area contributed by atoms with Gasteiger partial charge in [0.2, 0.25) is 0 Å². The molecular weight excluding hydrogens is 474 g/mol. The molecule has 1 amide bonds. The van der Waals surface area contributed by atoms with E-state index >= 15 is 0 Å². The maximum absolute atomic E-state index is 13.0. The van der Waals surface area contributed by atoms with E-state index in [1.165, 1.54) is 57.1 Å². The standard InChI is InChI=1S/C32H35N3O3/c1-2-3-4-5-6-7-8-9-13-20-37-28-18-16-25(17-19-28)32(36)35-30-21-26(23-33)27(24-34)22-31(30)38-29-14-11-10-12-15-29/h10-12,14-19,21-22H,2-9,13,20H2,1H3,(H,35,36). The van der Waals surface area contributed by atoms with Gasteiger partial charge in [-0.1, -0.05) is 76.5 Å². The number of rotatable bonds is 15. The van der Waals surface area contributed by atoms with Crippen molar-refractivity contribution in [2.24, 2.45) is 0 Å². The number of unbranched alkanes of at least 4 members (excludes halogenated alkanes) is 8. The first kappa shape index (κ1) is 28.3. The summed E-state index contributed by atoms with van der Waals surface area (Å²) >= 11 is 0. The van der Waals surface area contributed by atoms with Gasteiger partial charge in [-0.3, -0.25) is 4.79 Å². The number of nitrogens with one attached hydrogen (secondary N) is 1. The number of para-hydroxylation sites is 1. The molecule has 0 unspecified atom stereocenters. The second kappa shape index (κ2) is 15.7. The second-order valence-corrected chi connectivity index (χ2v) is 9.19. The molecule has 0 saturated carbocycles. The highest BCUT2D eigenvalue weighted by Gasteiger charge is 2.15. The Bertz CT molecular complexity index is 1240. The summed E-state index contributed by atoms with van der Waals surface area (Å²) in [7, 11) is 0. The van der Waals surface area contributed by atoms with E-state index in [2.05, 4.69) is 12.2 Å². The van der Waals surface area contributed by atoms with Crippen molar-refractivity contribution in [1.29, 1.82) is 10.5 Å². The highest BCUT2D eigenvalue weighted by Crippen LogP contribution is 2.33. The van der Waals surface area contributed by atoms with Gasteiger partial charge < -0.3 is 14.8 Å². The van der Waals surface area contributed by atoms with Crippen molar-refractivity contribution in [2.75, 3.05) is 11.9 Å². The van der Waals surface area contributed by atoms with E-state index < -0.39 is 0 Å². The lowest BCUT2D eigenvalue weighted by Gasteiger charge is -2.14. The summed E-state index contributed by atoms with van der Waals surface area (Å²) in [4.78, 5) is 13.0. The molecule has 6 nitrogen and oxygen atoms in total.